The molecule has 7 unspecified atom stereocenters. The molecule has 1 heterocycles. The van der Waals surface area contributed by atoms with Crippen molar-refractivity contribution in [2.75, 3.05) is 13.1 Å². The number of carbonyl (C=O) groups is 1. The predicted octanol–water partition coefficient (Wildman–Crippen LogP) is 3.50. The molecule has 4 nitrogen and oxygen atoms in total. The van der Waals surface area contributed by atoms with Gasteiger partial charge in [-0.15, -0.1) is 0 Å². The number of nitrogens with zero attached hydrogens (tertiary/aromatic N) is 1. The van der Waals surface area contributed by atoms with Gasteiger partial charge < -0.3 is 10.8 Å². The Morgan fingerprint density at radius 1 is 0.960 bits per heavy atom. The molecular weight excluding hydrogens is 312 g/mol. The third kappa shape index (κ3) is 3.49. The summed E-state index contributed by atoms with van der Waals surface area (Å²) in [6.45, 7) is 1.81. The van der Waals surface area contributed by atoms with Gasteiger partial charge >= 0.3 is 5.97 Å². The zero-order valence-electron chi connectivity index (χ0n) is 15.6. The Morgan fingerprint density at radius 3 is 2.56 bits per heavy atom. The molecule has 142 valence electrons. The number of hydrogen-bond donors (Lipinski definition) is 2. The zero-order chi connectivity index (χ0) is 17.4. The summed E-state index contributed by atoms with van der Waals surface area (Å²) >= 11 is 0. The van der Waals surface area contributed by atoms with E-state index in [-0.39, 0.29) is 6.04 Å². The Kier molecular flexibility index (Phi) is 5.38. The Bertz CT molecular complexity index is 481. The molecule has 3 aliphatic carbocycles. The van der Waals surface area contributed by atoms with Crippen LogP contribution in [0.4, 0.5) is 0 Å². The molecule has 3 N–H and O–H groups in total. The van der Waals surface area contributed by atoms with E-state index in [1.165, 1.54) is 57.8 Å². The molecule has 0 bridgehead atoms. The number of likely N-dealkylation sites (tertiary alicyclic amines) is 1. The topological polar surface area (TPSA) is 66.6 Å². The summed E-state index contributed by atoms with van der Waals surface area (Å²) in [5.74, 6) is 3.13. The Labute approximate surface area is 152 Å². The minimum absolute atomic E-state index is 0.240. The standard InChI is InChI=1S/C21H36N2O2/c22-12-14-8-9-16-11-20(21(24)25)23(19(16)10-14)13-17-6-3-5-15-4-1-2-7-18(15)17/h14-20H,1-13,22H2,(H,24,25). The van der Waals surface area contributed by atoms with Gasteiger partial charge in [-0.25, -0.2) is 0 Å². The van der Waals surface area contributed by atoms with Gasteiger partial charge in [-0.1, -0.05) is 32.1 Å². The van der Waals surface area contributed by atoms with Crippen molar-refractivity contribution in [2.24, 2.45) is 35.3 Å². The van der Waals surface area contributed by atoms with E-state index < -0.39 is 5.97 Å². The normalized spacial score (nSPS) is 44.9. The third-order valence-corrected chi connectivity index (χ3v) is 8.20. The highest BCUT2D eigenvalue weighted by molar-refractivity contribution is 5.74. The smallest absolute Gasteiger partial charge is 0.320 e. The minimum atomic E-state index is -0.588. The van der Waals surface area contributed by atoms with Gasteiger partial charge in [0.2, 0.25) is 0 Å². The van der Waals surface area contributed by atoms with Crippen LogP contribution in [0.25, 0.3) is 0 Å². The molecule has 1 aliphatic heterocycles. The van der Waals surface area contributed by atoms with Crippen LogP contribution in [0, 0.1) is 29.6 Å². The fraction of sp³-hybridized carbons (Fsp3) is 0.952. The molecular formula is C21H36N2O2. The molecule has 7 atom stereocenters. The van der Waals surface area contributed by atoms with Crippen LogP contribution in [-0.2, 0) is 4.79 Å². The molecule has 4 fully saturated rings. The molecule has 1 saturated heterocycles. The van der Waals surface area contributed by atoms with Crippen molar-refractivity contribution < 1.29 is 9.90 Å². The Morgan fingerprint density at radius 2 is 1.76 bits per heavy atom. The number of hydrogen-bond acceptors (Lipinski definition) is 3. The van der Waals surface area contributed by atoms with Crippen LogP contribution in [0.2, 0.25) is 0 Å². The van der Waals surface area contributed by atoms with E-state index in [9.17, 15) is 9.90 Å². The fourth-order valence-corrected chi connectivity index (χ4v) is 6.92. The second kappa shape index (κ2) is 7.56. The average Bonchev–Trinajstić information content (AvgIpc) is 3.00. The van der Waals surface area contributed by atoms with Crippen molar-refractivity contribution in [2.45, 2.75) is 82.7 Å². The first-order valence-electron chi connectivity index (χ1n) is 10.9. The minimum Gasteiger partial charge on any atom is -0.480 e. The summed E-state index contributed by atoms with van der Waals surface area (Å²) in [6.07, 6.45) is 14.1. The first-order valence-corrected chi connectivity index (χ1v) is 10.9. The van der Waals surface area contributed by atoms with Crippen molar-refractivity contribution in [1.29, 1.82) is 0 Å². The van der Waals surface area contributed by atoms with E-state index in [0.29, 0.717) is 17.9 Å². The lowest BCUT2D eigenvalue weighted by Crippen LogP contribution is -2.48. The molecule has 3 saturated carbocycles. The van der Waals surface area contributed by atoms with Gasteiger partial charge in [0.25, 0.3) is 0 Å². The van der Waals surface area contributed by atoms with Gasteiger partial charge in [-0.2, -0.15) is 0 Å². The highest BCUT2D eigenvalue weighted by Crippen LogP contribution is 2.47. The molecule has 4 aliphatic rings. The quantitative estimate of drug-likeness (QED) is 0.816. The van der Waals surface area contributed by atoms with E-state index in [1.807, 2.05) is 0 Å². The molecule has 0 radical (unpaired) electrons. The van der Waals surface area contributed by atoms with Crippen molar-refractivity contribution in [3.05, 3.63) is 0 Å². The summed E-state index contributed by atoms with van der Waals surface area (Å²) in [5, 5.41) is 9.85. The molecule has 0 aromatic rings. The molecule has 0 amide bonds. The van der Waals surface area contributed by atoms with Crippen LogP contribution < -0.4 is 5.73 Å². The van der Waals surface area contributed by atoms with Crippen LogP contribution in [0.1, 0.15) is 70.6 Å². The summed E-state index contributed by atoms with van der Waals surface area (Å²) in [7, 11) is 0. The van der Waals surface area contributed by atoms with E-state index in [1.54, 1.807) is 0 Å². The largest absolute Gasteiger partial charge is 0.480 e. The summed E-state index contributed by atoms with van der Waals surface area (Å²) < 4.78 is 0. The maximum absolute atomic E-state index is 12.0. The maximum atomic E-state index is 12.0. The van der Waals surface area contributed by atoms with Crippen LogP contribution in [0.3, 0.4) is 0 Å². The molecule has 4 rings (SSSR count). The van der Waals surface area contributed by atoms with Gasteiger partial charge in [-0.05, 0) is 74.7 Å². The van der Waals surface area contributed by atoms with E-state index >= 15 is 0 Å². The molecule has 0 aromatic carbocycles. The van der Waals surface area contributed by atoms with Crippen molar-refractivity contribution >= 4 is 5.97 Å². The second-order valence-electron chi connectivity index (χ2n) is 9.43. The Balaban J connectivity index is 1.50. The number of rotatable bonds is 4. The Hall–Kier alpha value is -0.610. The first kappa shape index (κ1) is 17.8. The number of fused-ring (bicyclic) bond motifs is 2. The number of nitrogens with two attached hydrogens (primary N) is 1. The van der Waals surface area contributed by atoms with E-state index in [4.69, 9.17) is 5.73 Å². The fourth-order valence-electron chi connectivity index (χ4n) is 6.92. The molecule has 0 spiro atoms. The van der Waals surface area contributed by atoms with E-state index in [0.717, 1.165) is 43.7 Å². The summed E-state index contributed by atoms with van der Waals surface area (Å²) in [5.41, 5.74) is 5.96. The lowest BCUT2D eigenvalue weighted by Gasteiger charge is -2.45. The third-order valence-electron chi connectivity index (χ3n) is 8.20. The lowest BCUT2D eigenvalue weighted by molar-refractivity contribution is -0.143. The second-order valence-corrected chi connectivity index (χ2v) is 9.43. The maximum Gasteiger partial charge on any atom is 0.320 e. The number of carboxylic acids is 1. The monoisotopic (exact) mass is 348 g/mol. The highest BCUT2D eigenvalue weighted by Gasteiger charge is 2.48. The van der Waals surface area contributed by atoms with Crippen LogP contribution in [-0.4, -0.2) is 41.1 Å². The molecule has 25 heavy (non-hydrogen) atoms. The zero-order valence-corrected chi connectivity index (χ0v) is 15.6. The van der Waals surface area contributed by atoms with Gasteiger partial charge in [-0.3, -0.25) is 9.69 Å². The van der Waals surface area contributed by atoms with Crippen LogP contribution in [0.15, 0.2) is 0 Å². The van der Waals surface area contributed by atoms with Crippen molar-refractivity contribution in [3.63, 3.8) is 0 Å². The molecule has 0 aromatic heterocycles. The highest BCUT2D eigenvalue weighted by atomic mass is 16.4. The predicted molar refractivity (Wildman–Crippen MR) is 99.2 cm³/mol. The SMILES string of the molecule is NCC1CCC2CC(C(=O)O)N(CC3CCCC4CCCCC43)C2C1. The van der Waals surface area contributed by atoms with Gasteiger partial charge in [0.1, 0.15) is 6.04 Å². The average molecular weight is 349 g/mol. The van der Waals surface area contributed by atoms with Crippen molar-refractivity contribution in [1.82, 2.24) is 4.90 Å². The number of carboxylic acid groups (broad SMARTS) is 1. The van der Waals surface area contributed by atoms with Gasteiger partial charge in [0, 0.05) is 12.6 Å². The lowest BCUT2D eigenvalue weighted by atomic mass is 9.65. The van der Waals surface area contributed by atoms with Gasteiger partial charge in [0.05, 0.1) is 0 Å². The van der Waals surface area contributed by atoms with Crippen molar-refractivity contribution in [3.8, 4) is 0 Å². The van der Waals surface area contributed by atoms with E-state index in [2.05, 4.69) is 4.90 Å². The summed E-state index contributed by atoms with van der Waals surface area (Å²) in [6, 6.07) is 0.239. The summed E-state index contributed by atoms with van der Waals surface area (Å²) in [4.78, 5) is 14.4. The number of aliphatic carboxylic acids is 1. The first-order chi connectivity index (χ1) is 12.2. The van der Waals surface area contributed by atoms with Crippen LogP contribution >= 0.6 is 0 Å². The molecule has 4 heteroatoms. The van der Waals surface area contributed by atoms with Crippen LogP contribution in [0.5, 0.6) is 0 Å². The van der Waals surface area contributed by atoms with Gasteiger partial charge in [0.15, 0.2) is 0 Å².